The minimum atomic E-state index is 0.819. The molecule has 0 atom stereocenters. The summed E-state index contributed by atoms with van der Waals surface area (Å²) in [5.41, 5.74) is 2.24. The van der Waals surface area contributed by atoms with Crippen molar-refractivity contribution in [2.24, 2.45) is 0 Å². The Balaban J connectivity index is 2.10. The molecule has 86 valence electrons. The van der Waals surface area contributed by atoms with Gasteiger partial charge >= 0.3 is 0 Å². The van der Waals surface area contributed by atoms with Crippen LogP contribution in [0.4, 0.5) is 0 Å². The van der Waals surface area contributed by atoms with Crippen LogP contribution in [0.3, 0.4) is 0 Å². The van der Waals surface area contributed by atoms with Gasteiger partial charge in [-0.25, -0.2) is 4.98 Å². The van der Waals surface area contributed by atoms with Crippen LogP contribution in [-0.2, 0) is 6.54 Å². The number of thiophene rings is 1. The summed E-state index contributed by atoms with van der Waals surface area (Å²) in [7, 11) is 0. The van der Waals surface area contributed by atoms with Crippen molar-refractivity contribution in [3.63, 3.8) is 0 Å². The van der Waals surface area contributed by atoms with Gasteiger partial charge in [0, 0.05) is 5.69 Å². The molecule has 2 aromatic heterocycles. The fraction of sp³-hybridized carbons (Fsp3) is 0.417. The number of aromatic amines is 1. The maximum atomic E-state index is 4.62. The van der Waals surface area contributed by atoms with E-state index in [4.69, 9.17) is 0 Å². The summed E-state index contributed by atoms with van der Waals surface area (Å²) < 4.78 is 0. The van der Waals surface area contributed by atoms with Crippen LogP contribution in [0.15, 0.2) is 17.5 Å². The first-order valence-electron chi connectivity index (χ1n) is 5.61. The summed E-state index contributed by atoms with van der Waals surface area (Å²) in [6.45, 7) is 6.09. The molecule has 0 aromatic carbocycles. The second-order valence-electron chi connectivity index (χ2n) is 3.81. The molecule has 0 aliphatic heterocycles. The molecular formula is C12H17N3S. The molecule has 0 saturated heterocycles. The summed E-state index contributed by atoms with van der Waals surface area (Å²) in [4.78, 5) is 9.17. The van der Waals surface area contributed by atoms with Crippen LogP contribution in [0.25, 0.3) is 10.6 Å². The van der Waals surface area contributed by atoms with Crippen LogP contribution < -0.4 is 5.32 Å². The number of hydrogen-bond donors (Lipinski definition) is 2. The zero-order chi connectivity index (χ0) is 11.4. The third-order valence-corrected chi connectivity index (χ3v) is 3.28. The lowest BCUT2D eigenvalue weighted by Gasteiger charge is -1.97. The fourth-order valence-electron chi connectivity index (χ4n) is 1.64. The summed E-state index contributed by atoms with van der Waals surface area (Å²) in [6.07, 6.45) is 1.15. The van der Waals surface area contributed by atoms with Crippen molar-refractivity contribution < 1.29 is 0 Å². The summed E-state index contributed by atoms with van der Waals surface area (Å²) in [6, 6.07) is 4.17. The van der Waals surface area contributed by atoms with E-state index in [0.717, 1.165) is 36.7 Å². The molecule has 2 rings (SSSR count). The molecule has 16 heavy (non-hydrogen) atoms. The number of nitrogens with one attached hydrogen (secondary N) is 2. The molecule has 0 saturated carbocycles. The SMILES string of the molecule is CCCNCc1nc(-c2cccs2)c(C)[nH]1. The van der Waals surface area contributed by atoms with E-state index in [1.807, 2.05) is 0 Å². The molecule has 0 spiro atoms. The fourth-order valence-corrected chi connectivity index (χ4v) is 2.41. The van der Waals surface area contributed by atoms with Gasteiger partial charge in [-0.2, -0.15) is 0 Å². The minimum Gasteiger partial charge on any atom is -0.344 e. The van der Waals surface area contributed by atoms with E-state index in [2.05, 4.69) is 46.6 Å². The molecule has 2 N–H and O–H groups in total. The van der Waals surface area contributed by atoms with Crippen LogP contribution >= 0.6 is 11.3 Å². The van der Waals surface area contributed by atoms with Crippen molar-refractivity contribution in [3.05, 3.63) is 29.0 Å². The van der Waals surface area contributed by atoms with Gasteiger partial charge < -0.3 is 10.3 Å². The van der Waals surface area contributed by atoms with Gasteiger partial charge in [-0.3, -0.25) is 0 Å². The molecule has 4 heteroatoms. The largest absolute Gasteiger partial charge is 0.344 e. The van der Waals surface area contributed by atoms with E-state index in [1.54, 1.807) is 11.3 Å². The third kappa shape index (κ3) is 2.51. The Bertz CT molecular complexity index is 431. The maximum Gasteiger partial charge on any atom is 0.121 e. The quantitative estimate of drug-likeness (QED) is 0.782. The lowest BCUT2D eigenvalue weighted by molar-refractivity contribution is 0.655. The Labute approximate surface area is 99.9 Å². The van der Waals surface area contributed by atoms with Gasteiger partial charge in [0.05, 0.1) is 11.4 Å². The predicted molar refractivity (Wildman–Crippen MR) is 68.6 cm³/mol. The molecule has 0 aliphatic carbocycles. The van der Waals surface area contributed by atoms with Gasteiger partial charge in [0.1, 0.15) is 11.5 Å². The number of H-pyrrole nitrogens is 1. The standard InChI is InChI=1S/C12H17N3S/c1-3-6-13-8-11-14-9(2)12(15-11)10-5-4-7-16-10/h4-5,7,13H,3,6,8H2,1-2H3,(H,14,15). The zero-order valence-electron chi connectivity index (χ0n) is 9.71. The Hall–Kier alpha value is -1.13. The van der Waals surface area contributed by atoms with Gasteiger partial charge in [0.15, 0.2) is 0 Å². The van der Waals surface area contributed by atoms with Gasteiger partial charge in [-0.15, -0.1) is 11.3 Å². The van der Waals surface area contributed by atoms with Crippen LogP contribution in [0, 0.1) is 6.92 Å². The van der Waals surface area contributed by atoms with Crippen molar-refractivity contribution >= 4 is 11.3 Å². The Morgan fingerprint density at radius 3 is 3.06 bits per heavy atom. The first-order valence-corrected chi connectivity index (χ1v) is 6.49. The summed E-state index contributed by atoms with van der Waals surface area (Å²) >= 11 is 1.73. The predicted octanol–water partition coefficient (Wildman–Crippen LogP) is 2.95. The van der Waals surface area contributed by atoms with Crippen LogP contribution in [-0.4, -0.2) is 16.5 Å². The molecular weight excluding hydrogens is 218 g/mol. The number of nitrogens with zero attached hydrogens (tertiary/aromatic N) is 1. The van der Waals surface area contributed by atoms with Crippen LogP contribution in [0.2, 0.25) is 0 Å². The van der Waals surface area contributed by atoms with E-state index in [-0.39, 0.29) is 0 Å². The highest BCUT2D eigenvalue weighted by molar-refractivity contribution is 7.13. The van der Waals surface area contributed by atoms with Crippen molar-refractivity contribution in [2.75, 3.05) is 6.54 Å². The molecule has 2 aromatic rings. The van der Waals surface area contributed by atoms with Gasteiger partial charge in [-0.1, -0.05) is 13.0 Å². The lowest BCUT2D eigenvalue weighted by Crippen LogP contribution is -2.14. The number of hydrogen-bond acceptors (Lipinski definition) is 3. The Morgan fingerprint density at radius 1 is 1.50 bits per heavy atom. The molecule has 2 heterocycles. The van der Waals surface area contributed by atoms with E-state index >= 15 is 0 Å². The van der Waals surface area contributed by atoms with Gasteiger partial charge in [-0.05, 0) is 31.3 Å². The topological polar surface area (TPSA) is 40.7 Å². The van der Waals surface area contributed by atoms with E-state index in [9.17, 15) is 0 Å². The Kier molecular flexibility index (Phi) is 3.74. The van der Waals surface area contributed by atoms with Crippen molar-refractivity contribution in [2.45, 2.75) is 26.8 Å². The average Bonchev–Trinajstić information content (AvgIpc) is 2.87. The van der Waals surface area contributed by atoms with Crippen molar-refractivity contribution in [1.29, 1.82) is 0 Å². The number of aryl methyl sites for hydroxylation is 1. The first-order chi connectivity index (χ1) is 7.81. The molecule has 0 radical (unpaired) electrons. The molecule has 0 fully saturated rings. The lowest BCUT2D eigenvalue weighted by atomic mass is 10.3. The summed E-state index contributed by atoms with van der Waals surface area (Å²) in [5.74, 6) is 1.02. The second-order valence-corrected chi connectivity index (χ2v) is 4.76. The molecule has 0 bridgehead atoms. The van der Waals surface area contributed by atoms with Gasteiger partial charge in [0.2, 0.25) is 0 Å². The molecule has 0 amide bonds. The highest BCUT2D eigenvalue weighted by Crippen LogP contribution is 2.25. The highest BCUT2D eigenvalue weighted by Gasteiger charge is 2.08. The molecule has 0 unspecified atom stereocenters. The summed E-state index contributed by atoms with van der Waals surface area (Å²) in [5, 5.41) is 5.43. The zero-order valence-corrected chi connectivity index (χ0v) is 10.5. The maximum absolute atomic E-state index is 4.62. The minimum absolute atomic E-state index is 0.819. The smallest absolute Gasteiger partial charge is 0.121 e. The van der Waals surface area contributed by atoms with Crippen molar-refractivity contribution in [1.82, 2.24) is 15.3 Å². The normalized spacial score (nSPS) is 10.9. The number of imidazole rings is 1. The first kappa shape index (κ1) is 11.4. The highest BCUT2D eigenvalue weighted by atomic mass is 32.1. The molecule has 0 aliphatic rings. The van der Waals surface area contributed by atoms with Crippen LogP contribution in [0.5, 0.6) is 0 Å². The van der Waals surface area contributed by atoms with Crippen LogP contribution in [0.1, 0.15) is 24.9 Å². The number of aromatic nitrogens is 2. The average molecular weight is 235 g/mol. The Morgan fingerprint density at radius 2 is 2.38 bits per heavy atom. The monoisotopic (exact) mass is 235 g/mol. The number of rotatable bonds is 5. The van der Waals surface area contributed by atoms with E-state index < -0.39 is 0 Å². The van der Waals surface area contributed by atoms with Gasteiger partial charge in [0.25, 0.3) is 0 Å². The van der Waals surface area contributed by atoms with E-state index in [0.29, 0.717) is 0 Å². The second kappa shape index (κ2) is 5.27. The third-order valence-electron chi connectivity index (χ3n) is 2.41. The molecule has 3 nitrogen and oxygen atoms in total. The van der Waals surface area contributed by atoms with E-state index in [1.165, 1.54) is 4.88 Å². The van der Waals surface area contributed by atoms with Crippen molar-refractivity contribution in [3.8, 4) is 10.6 Å².